The van der Waals surface area contributed by atoms with Gasteiger partial charge in [0.2, 0.25) is 0 Å². The van der Waals surface area contributed by atoms with Gasteiger partial charge < -0.3 is 9.47 Å². The van der Waals surface area contributed by atoms with E-state index in [1.54, 1.807) is 0 Å². The van der Waals surface area contributed by atoms with Crippen molar-refractivity contribution in [1.29, 1.82) is 0 Å². The quantitative estimate of drug-likeness (QED) is 0.643. The van der Waals surface area contributed by atoms with Crippen LogP contribution in [0.3, 0.4) is 0 Å². The molecule has 2 heteroatoms. The second-order valence-electron chi connectivity index (χ2n) is 3.56. The second-order valence-corrected chi connectivity index (χ2v) is 3.56. The van der Waals surface area contributed by atoms with Crippen molar-refractivity contribution in [2.75, 3.05) is 19.0 Å². The summed E-state index contributed by atoms with van der Waals surface area (Å²) >= 11 is 0. The standard InChI is InChI=1S/C11H14N2/c1-12(2)10-4-5-11-9(8-10)6-7-13(11)3/h4-8H,1-3H3. The zero-order valence-corrected chi connectivity index (χ0v) is 8.28. The molecule has 2 nitrogen and oxygen atoms in total. The molecular weight excluding hydrogens is 160 g/mol. The van der Waals surface area contributed by atoms with E-state index in [1.165, 1.54) is 16.6 Å². The van der Waals surface area contributed by atoms with Crippen LogP contribution >= 0.6 is 0 Å². The Balaban J connectivity index is 2.63. The predicted molar refractivity (Wildman–Crippen MR) is 57.2 cm³/mol. The van der Waals surface area contributed by atoms with Gasteiger partial charge in [-0.25, -0.2) is 0 Å². The highest BCUT2D eigenvalue weighted by atomic mass is 15.1. The maximum absolute atomic E-state index is 2.20. The van der Waals surface area contributed by atoms with Crippen molar-refractivity contribution in [1.82, 2.24) is 4.57 Å². The highest BCUT2D eigenvalue weighted by molar-refractivity contribution is 5.83. The third-order valence-electron chi connectivity index (χ3n) is 2.39. The Kier molecular flexibility index (Phi) is 1.76. The molecule has 0 saturated heterocycles. The fourth-order valence-corrected chi connectivity index (χ4v) is 1.55. The lowest BCUT2D eigenvalue weighted by Crippen LogP contribution is -2.07. The summed E-state index contributed by atoms with van der Waals surface area (Å²) in [7, 11) is 6.19. The molecule has 0 bridgehead atoms. The van der Waals surface area contributed by atoms with Gasteiger partial charge in [0.15, 0.2) is 0 Å². The maximum Gasteiger partial charge on any atom is 0.0479 e. The molecule has 0 fully saturated rings. The van der Waals surface area contributed by atoms with Gasteiger partial charge in [0.25, 0.3) is 0 Å². The molecule has 0 aliphatic heterocycles. The summed E-state index contributed by atoms with van der Waals surface area (Å²) in [5.41, 5.74) is 2.53. The van der Waals surface area contributed by atoms with E-state index in [2.05, 4.69) is 61.1 Å². The predicted octanol–water partition coefficient (Wildman–Crippen LogP) is 2.24. The molecule has 13 heavy (non-hydrogen) atoms. The van der Waals surface area contributed by atoms with Gasteiger partial charge in [-0.2, -0.15) is 0 Å². The Bertz CT molecular complexity index is 427. The second kappa shape index (κ2) is 2.80. The van der Waals surface area contributed by atoms with Crippen LogP contribution in [-0.4, -0.2) is 18.7 Å². The summed E-state index contributed by atoms with van der Waals surface area (Å²) in [4.78, 5) is 2.12. The molecule has 0 aliphatic rings. The first-order valence-electron chi connectivity index (χ1n) is 4.41. The monoisotopic (exact) mass is 174 g/mol. The van der Waals surface area contributed by atoms with Crippen molar-refractivity contribution in [3.8, 4) is 0 Å². The van der Waals surface area contributed by atoms with Crippen LogP contribution in [0.2, 0.25) is 0 Å². The lowest BCUT2D eigenvalue weighted by atomic mass is 10.2. The van der Waals surface area contributed by atoms with Gasteiger partial charge in [-0.05, 0) is 24.3 Å². The molecule has 0 unspecified atom stereocenters. The van der Waals surface area contributed by atoms with Crippen LogP contribution in [-0.2, 0) is 7.05 Å². The number of nitrogens with zero attached hydrogens (tertiary/aromatic N) is 2. The molecule has 1 aromatic carbocycles. The first-order chi connectivity index (χ1) is 6.18. The Hall–Kier alpha value is -1.44. The van der Waals surface area contributed by atoms with Crippen LogP contribution in [0.15, 0.2) is 30.5 Å². The highest BCUT2D eigenvalue weighted by Crippen LogP contribution is 2.20. The maximum atomic E-state index is 2.20. The van der Waals surface area contributed by atoms with Gasteiger partial charge in [0, 0.05) is 43.9 Å². The topological polar surface area (TPSA) is 8.17 Å². The SMILES string of the molecule is CN(C)c1ccc2c(ccn2C)c1. The molecule has 0 spiro atoms. The molecule has 68 valence electrons. The van der Waals surface area contributed by atoms with Crippen LogP contribution in [0, 0.1) is 0 Å². The highest BCUT2D eigenvalue weighted by Gasteiger charge is 1.99. The van der Waals surface area contributed by atoms with Crippen molar-refractivity contribution < 1.29 is 0 Å². The fourth-order valence-electron chi connectivity index (χ4n) is 1.55. The number of benzene rings is 1. The number of rotatable bonds is 1. The van der Waals surface area contributed by atoms with Crippen LogP contribution in [0.5, 0.6) is 0 Å². The molecular formula is C11H14N2. The average molecular weight is 174 g/mol. The molecule has 0 amide bonds. The van der Waals surface area contributed by atoms with Gasteiger partial charge in [-0.3, -0.25) is 0 Å². The largest absolute Gasteiger partial charge is 0.378 e. The van der Waals surface area contributed by atoms with Crippen LogP contribution in [0.1, 0.15) is 0 Å². The molecule has 0 atom stereocenters. The average Bonchev–Trinajstić information content (AvgIpc) is 2.47. The lowest BCUT2D eigenvalue weighted by molar-refractivity contribution is 0.969. The lowest BCUT2D eigenvalue weighted by Gasteiger charge is -2.12. The number of aromatic nitrogens is 1. The first-order valence-corrected chi connectivity index (χ1v) is 4.41. The molecule has 2 aromatic rings. The third-order valence-corrected chi connectivity index (χ3v) is 2.39. The van der Waals surface area contributed by atoms with E-state index < -0.39 is 0 Å². The molecule has 1 heterocycles. The normalized spacial score (nSPS) is 10.7. The number of anilines is 1. The third kappa shape index (κ3) is 1.28. The van der Waals surface area contributed by atoms with E-state index in [0.717, 1.165) is 0 Å². The summed E-state index contributed by atoms with van der Waals surface area (Å²) in [6.07, 6.45) is 2.09. The van der Waals surface area contributed by atoms with Crippen LogP contribution in [0.4, 0.5) is 5.69 Å². The van der Waals surface area contributed by atoms with Crippen molar-refractivity contribution >= 4 is 16.6 Å². The Morgan fingerprint density at radius 1 is 1.15 bits per heavy atom. The van der Waals surface area contributed by atoms with E-state index in [9.17, 15) is 0 Å². The van der Waals surface area contributed by atoms with E-state index in [4.69, 9.17) is 0 Å². The molecule has 0 N–H and O–H groups in total. The Morgan fingerprint density at radius 3 is 2.62 bits per heavy atom. The van der Waals surface area contributed by atoms with Crippen molar-refractivity contribution in [2.45, 2.75) is 0 Å². The van der Waals surface area contributed by atoms with Crippen molar-refractivity contribution in [2.24, 2.45) is 7.05 Å². The summed E-state index contributed by atoms with van der Waals surface area (Å²) in [5.74, 6) is 0. The van der Waals surface area contributed by atoms with Crippen LogP contribution in [0.25, 0.3) is 10.9 Å². The Morgan fingerprint density at radius 2 is 1.92 bits per heavy atom. The summed E-state index contributed by atoms with van der Waals surface area (Å²) in [6, 6.07) is 8.64. The van der Waals surface area contributed by atoms with Gasteiger partial charge in [0.05, 0.1) is 0 Å². The summed E-state index contributed by atoms with van der Waals surface area (Å²) in [5, 5.41) is 1.30. The minimum absolute atomic E-state index is 1.25. The zero-order chi connectivity index (χ0) is 9.42. The number of hydrogen-bond donors (Lipinski definition) is 0. The van der Waals surface area contributed by atoms with Gasteiger partial charge >= 0.3 is 0 Å². The molecule has 1 aromatic heterocycles. The minimum atomic E-state index is 1.25. The van der Waals surface area contributed by atoms with E-state index in [1.807, 2.05) is 0 Å². The molecule has 0 aliphatic carbocycles. The zero-order valence-electron chi connectivity index (χ0n) is 8.28. The smallest absolute Gasteiger partial charge is 0.0479 e. The number of fused-ring (bicyclic) bond motifs is 1. The fraction of sp³-hybridized carbons (Fsp3) is 0.273. The van der Waals surface area contributed by atoms with Gasteiger partial charge in [-0.15, -0.1) is 0 Å². The van der Waals surface area contributed by atoms with Crippen LogP contribution < -0.4 is 4.90 Å². The molecule has 0 saturated carbocycles. The minimum Gasteiger partial charge on any atom is -0.378 e. The van der Waals surface area contributed by atoms with Crippen molar-refractivity contribution in [3.63, 3.8) is 0 Å². The first kappa shape index (κ1) is 8.17. The van der Waals surface area contributed by atoms with E-state index >= 15 is 0 Å². The molecule has 0 radical (unpaired) electrons. The van der Waals surface area contributed by atoms with Gasteiger partial charge in [-0.1, -0.05) is 0 Å². The Labute approximate surface area is 78.4 Å². The van der Waals surface area contributed by atoms with Crippen molar-refractivity contribution in [3.05, 3.63) is 30.5 Å². The number of hydrogen-bond acceptors (Lipinski definition) is 1. The van der Waals surface area contributed by atoms with E-state index in [0.29, 0.717) is 0 Å². The summed E-state index contributed by atoms with van der Waals surface area (Å²) in [6.45, 7) is 0. The number of aryl methyl sites for hydroxylation is 1. The van der Waals surface area contributed by atoms with Gasteiger partial charge in [0.1, 0.15) is 0 Å². The van der Waals surface area contributed by atoms with E-state index in [-0.39, 0.29) is 0 Å². The molecule has 2 rings (SSSR count). The summed E-state index contributed by atoms with van der Waals surface area (Å²) < 4.78 is 2.13.